The predicted molar refractivity (Wildman–Crippen MR) is 86.3 cm³/mol. The second-order valence-corrected chi connectivity index (χ2v) is 7.03. The molecule has 0 saturated carbocycles. The maximum atomic E-state index is 13.3. The highest BCUT2D eigenvalue weighted by atomic mass is 19.2. The van der Waals surface area contributed by atoms with Crippen LogP contribution >= 0.6 is 0 Å². The van der Waals surface area contributed by atoms with E-state index < -0.39 is 11.6 Å². The molecule has 2 fully saturated rings. The topological polar surface area (TPSA) is 60.9 Å². The van der Waals surface area contributed by atoms with E-state index in [1.807, 2.05) is 0 Å². The number of benzene rings is 1. The van der Waals surface area contributed by atoms with Crippen molar-refractivity contribution in [2.24, 2.45) is 5.41 Å². The van der Waals surface area contributed by atoms with Crippen molar-refractivity contribution >= 4 is 11.8 Å². The molecule has 1 aromatic rings. The minimum absolute atomic E-state index is 0.0138. The Labute approximate surface area is 145 Å². The summed E-state index contributed by atoms with van der Waals surface area (Å²) in [6, 6.07) is 3.70. The third-order valence-electron chi connectivity index (χ3n) is 5.27. The lowest BCUT2D eigenvalue weighted by atomic mass is 9.77. The summed E-state index contributed by atoms with van der Waals surface area (Å²) in [7, 11) is 0. The van der Waals surface area contributed by atoms with Crippen LogP contribution in [0.2, 0.25) is 0 Å². The molecule has 1 N–H and O–H groups in total. The second kappa shape index (κ2) is 7.07. The van der Waals surface area contributed by atoms with E-state index in [9.17, 15) is 18.4 Å². The fourth-order valence-corrected chi connectivity index (χ4v) is 3.80. The lowest BCUT2D eigenvalue weighted by Gasteiger charge is -2.38. The number of hydrogen-bond acceptors (Lipinski definition) is 3. The van der Waals surface area contributed by atoms with Gasteiger partial charge in [0.1, 0.15) is 0 Å². The molecule has 1 aromatic carbocycles. The van der Waals surface area contributed by atoms with Gasteiger partial charge in [0, 0.05) is 44.4 Å². The van der Waals surface area contributed by atoms with E-state index in [1.165, 1.54) is 6.07 Å². The van der Waals surface area contributed by atoms with Gasteiger partial charge in [-0.15, -0.1) is 0 Å². The number of rotatable bonds is 4. The lowest BCUT2D eigenvalue weighted by molar-refractivity contribution is -0.134. The normalized spacial score (nSPS) is 19.7. The van der Waals surface area contributed by atoms with Gasteiger partial charge in [0.15, 0.2) is 11.6 Å². The Bertz CT molecular complexity index is 672. The number of halogens is 2. The summed E-state index contributed by atoms with van der Waals surface area (Å²) in [4.78, 5) is 27.7. The monoisotopic (exact) mass is 352 g/mol. The molecule has 136 valence electrons. The SMILES string of the molecule is O=C(CCO)N1CCC2(CC1)CC(=O)N(Cc1ccc(F)c(F)c1)C2. The molecule has 5 nitrogen and oxygen atoms in total. The van der Waals surface area contributed by atoms with Crippen molar-refractivity contribution in [3.05, 3.63) is 35.4 Å². The highest BCUT2D eigenvalue weighted by molar-refractivity contribution is 5.80. The number of likely N-dealkylation sites (tertiary alicyclic amines) is 2. The molecule has 2 aliphatic heterocycles. The van der Waals surface area contributed by atoms with Crippen LogP contribution in [0.5, 0.6) is 0 Å². The van der Waals surface area contributed by atoms with E-state index in [2.05, 4.69) is 0 Å². The molecule has 2 aliphatic rings. The number of hydrogen-bond donors (Lipinski definition) is 1. The summed E-state index contributed by atoms with van der Waals surface area (Å²) in [6.45, 7) is 1.87. The van der Waals surface area contributed by atoms with E-state index in [0.29, 0.717) is 31.6 Å². The average Bonchev–Trinajstić information content (AvgIpc) is 2.87. The molecule has 2 amide bonds. The molecular weight excluding hydrogens is 330 g/mol. The minimum Gasteiger partial charge on any atom is -0.396 e. The Hall–Kier alpha value is -2.02. The molecule has 2 saturated heterocycles. The zero-order valence-electron chi connectivity index (χ0n) is 14.0. The molecule has 3 rings (SSSR count). The van der Waals surface area contributed by atoms with Crippen molar-refractivity contribution in [2.75, 3.05) is 26.2 Å². The standard InChI is InChI=1S/C18H22F2N2O3/c19-14-2-1-13(9-15(14)20)11-22-12-18(10-17(22)25)4-6-21(7-5-18)16(24)3-8-23/h1-2,9,23H,3-8,10-12H2. The number of aliphatic hydroxyl groups is 1. The summed E-state index contributed by atoms with van der Waals surface area (Å²) in [5.41, 5.74) is 0.422. The summed E-state index contributed by atoms with van der Waals surface area (Å²) in [5, 5.41) is 8.87. The van der Waals surface area contributed by atoms with Crippen molar-refractivity contribution in [1.82, 2.24) is 9.80 Å². The largest absolute Gasteiger partial charge is 0.396 e. The Morgan fingerprint density at radius 3 is 2.56 bits per heavy atom. The van der Waals surface area contributed by atoms with Crippen LogP contribution in [-0.2, 0) is 16.1 Å². The maximum Gasteiger partial charge on any atom is 0.224 e. The molecule has 0 radical (unpaired) electrons. The molecule has 25 heavy (non-hydrogen) atoms. The third-order valence-corrected chi connectivity index (χ3v) is 5.27. The van der Waals surface area contributed by atoms with Gasteiger partial charge in [0.2, 0.25) is 11.8 Å². The van der Waals surface area contributed by atoms with Gasteiger partial charge < -0.3 is 14.9 Å². The van der Waals surface area contributed by atoms with E-state index in [-0.39, 0.29) is 36.8 Å². The fourth-order valence-electron chi connectivity index (χ4n) is 3.80. The molecule has 0 unspecified atom stereocenters. The first kappa shape index (κ1) is 17.8. The summed E-state index contributed by atoms with van der Waals surface area (Å²) in [6.07, 6.45) is 2.04. The number of aliphatic hydroxyl groups excluding tert-OH is 1. The predicted octanol–water partition coefficient (Wildman–Crippen LogP) is 1.69. The van der Waals surface area contributed by atoms with Crippen LogP contribution in [0.25, 0.3) is 0 Å². The van der Waals surface area contributed by atoms with Crippen LogP contribution in [0.3, 0.4) is 0 Å². The molecular formula is C18H22F2N2O3. The van der Waals surface area contributed by atoms with Gasteiger partial charge in [-0.1, -0.05) is 6.07 Å². The molecule has 0 atom stereocenters. The zero-order chi connectivity index (χ0) is 18.0. The van der Waals surface area contributed by atoms with Gasteiger partial charge in [0.05, 0.1) is 6.61 Å². The summed E-state index contributed by atoms with van der Waals surface area (Å²) >= 11 is 0. The van der Waals surface area contributed by atoms with Crippen LogP contribution < -0.4 is 0 Å². The Morgan fingerprint density at radius 1 is 1.20 bits per heavy atom. The minimum atomic E-state index is -0.908. The summed E-state index contributed by atoms with van der Waals surface area (Å²) < 4.78 is 26.4. The van der Waals surface area contributed by atoms with Crippen LogP contribution in [0, 0.1) is 17.0 Å². The van der Waals surface area contributed by atoms with Crippen LogP contribution in [0.1, 0.15) is 31.2 Å². The highest BCUT2D eigenvalue weighted by Gasteiger charge is 2.45. The molecule has 0 aromatic heterocycles. The Balaban J connectivity index is 1.61. The zero-order valence-corrected chi connectivity index (χ0v) is 14.0. The van der Waals surface area contributed by atoms with Gasteiger partial charge in [-0.3, -0.25) is 9.59 Å². The average molecular weight is 352 g/mol. The number of amides is 2. The lowest BCUT2D eigenvalue weighted by Crippen LogP contribution is -2.44. The fraction of sp³-hybridized carbons (Fsp3) is 0.556. The number of piperidine rings is 1. The third kappa shape index (κ3) is 3.81. The first-order valence-corrected chi connectivity index (χ1v) is 8.53. The molecule has 2 heterocycles. The van der Waals surface area contributed by atoms with E-state index in [1.54, 1.807) is 9.80 Å². The first-order chi connectivity index (χ1) is 11.9. The van der Waals surface area contributed by atoms with E-state index >= 15 is 0 Å². The number of carbonyl (C=O) groups excluding carboxylic acids is 2. The smallest absolute Gasteiger partial charge is 0.224 e. The molecule has 0 bridgehead atoms. The number of carbonyl (C=O) groups is 2. The first-order valence-electron chi connectivity index (χ1n) is 8.53. The van der Waals surface area contributed by atoms with Crippen LogP contribution in [0.4, 0.5) is 8.78 Å². The van der Waals surface area contributed by atoms with Crippen LogP contribution in [0.15, 0.2) is 18.2 Å². The van der Waals surface area contributed by atoms with Crippen molar-refractivity contribution < 1.29 is 23.5 Å². The van der Waals surface area contributed by atoms with Crippen molar-refractivity contribution in [3.63, 3.8) is 0 Å². The van der Waals surface area contributed by atoms with Crippen molar-refractivity contribution in [1.29, 1.82) is 0 Å². The molecule has 0 aliphatic carbocycles. The molecule has 1 spiro atoms. The molecule has 7 heteroatoms. The summed E-state index contributed by atoms with van der Waals surface area (Å²) in [5.74, 6) is -1.84. The number of nitrogens with zero attached hydrogens (tertiary/aromatic N) is 2. The van der Waals surface area contributed by atoms with Crippen molar-refractivity contribution in [3.8, 4) is 0 Å². The van der Waals surface area contributed by atoms with Crippen LogP contribution in [-0.4, -0.2) is 53.0 Å². The van der Waals surface area contributed by atoms with E-state index in [0.717, 1.165) is 25.0 Å². The van der Waals surface area contributed by atoms with Gasteiger partial charge in [0.25, 0.3) is 0 Å². The van der Waals surface area contributed by atoms with Gasteiger partial charge >= 0.3 is 0 Å². The quantitative estimate of drug-likeness (QED) is 0.897. The van der Waals surface area contributed by atoms with E-state index in [4.69, 9.17) is 5.11 Å². The van der Waals surface area contributed by atoms with Crippen molar-refractivity contribution in [2.45, 2.75) is 32.2 Å². The Kier molecular flexibility index (Phi) is 5.03. The van der Waals surface area contributed by atoms with Gasteiger partial charge in [-0.2, -0.15) is 0 Å². The second-order valence-electron chi connectivity index (χ2n) is 7.03. The maximum absolute atomic E-state index is 13.3. The van der Waals surface area contributed by atoms with Gasteiger partial charge in [-0.25, -0.2) is 8.78 Å². The Morgan fingerprint density at radius 2 is 1.92 bits per heavy atom. The van der Waals surface area contributed by atoms with Gasteiger partial charge in [-0.05, 0) is 30.5 Å². The highest BCUT2D eigenvalue weighted by Crippen LogP contribution is 2.41.